The molecule has 2 fully saturated rings. The SMILES string of the molecule is CCCN1C(=O)CCN(C(=O)c2noc(C)c2COc2ccc(C)cc2)CC12CCOC2. The van der Waals surface area contributed by atoms with Crippen molar-refractivity contribution >= 4 is 11.8 Å². The molecule has 0 bridgehead atoms. The van der Waals surface area contributed by atoms with Crippen molar-refractivity contribution in [2.45, 2.75) is 52.2 Å². The predicted molar refractivity (Wildman–Crippen MR) is 117 cm³/mol. The summed E-state index contributed by atoms with van der Waals surface area (Å²) in [5.41, 5.74) is 1.55. The maximum Gasteiger partial charge on any atom is 0.276 e. The van der Waals surface area contributed by atoms with Crippen LogP contribution in [0.15, 0.2) is 28.8 Å². The van der Waals surface area contributed by atoms with E-state index in [1.165, 1.54) is 0 Å². The Hall–Kier alpha value is -2.87. The van der Waals surface area contributed by atoms with E-state index in [1.54, 1.807) is 11.8 Å². The smallest absolute Gasteiger partial charge is 0.276 e. The number of benzene rings is 1. The van der Waals surface area contributed by atoms with Crippen LogP contribution in [-0.4, -0.2) is 65.2 Å². The van der Waals surface area contributed by atoms with Gasteiger partial charge in [-0.1, -0.05) is 29.8 Å². The molecule has 1 unspecified atom stereocenters. The molecular weight excluding hydrogens is 410 g/mol. The molecule has 1 spiro atoms. The van der Waals surface area contributed by atoms with Gasteiger partial charge < -0.3 is 23.8 Å². The van der Waals surface area contributed by atoms with E-state index in [1.807, 2.05) is 36.1 Å². The second-order valence-corrected chi connectivity index (χ2v) is 8.72. The van der Waals surface area contributed by atoms with E-state index in [2.05, 4.69) is 12.1 Å². The van der Waals surface area contributed by atoms with E-state index in [-0.39, 0.29) is 24.1 Å². The molecule has 3 heterocycles. The van der Waals surface area contributed by atoms with E-state index in [0.29, 0.717) is 56.3 Å². The average molecular weight is 442 g/mol. The maximum atomic E-state index is 13.5. The average Bonchev–Trinajstić information content (AvgIpc) is 3.37. The van der Waals surface area contributed by atoms with Crippen LogP contribution < -0.4 is 4.74 Å². The van der Waals surface area contributed by atoms with Crippen LogP contribution in [0.25, 0.3) is 0 Å². The Morgan fingerprint density at radius 1 is 1.25 bits per heavy atom. The second kappa shape index (κ2) is 9.32. The highest BCUT2D eigenvalue weighted by atomic mass is 16.5. The molecule has 172 valence electrons. The minimum absolute atomic E-state index is 0.0758. The summed E-state index contributed by atoms with van der Waals surface area (Å²) in [4.78, 5) is 30.1. The van der Waals surface area contributed by atoms with Crippen molar-refractivity contribution < 1.29 is 23.6 Å². The molecule has 1 atom stereocenters. The van der Waals surface area contributed by atoms with Crippen molar-refractivity contribution in [1.29, 1.82) is 0 Å². The lowest BCUT2D eigenvalue weighted by Gasteiger charge is -2.40. The Morgan fingerprint density at radius 2 is 2.03 bits per heavy atom. The molecule has 8 nitrogen and oxygen atoms in total. The number of nitrogens with zero attached hydrogens (tertiary/aromatic N) is 3. The predicted octanol–water partition coefficient (Wildman–Crippen LogP) is 3.11. The van der Waals surface area contributed by atoms with Crippen molar-refractivity contribution in [2.75, 3.05) is 32.8 Å². The second-order valence-electron chi connectivity index (χ2n) is 8.72. The molecule has 0 saturated carbocycles. The van der Waals surface area contributed by atoms with Gasteiger partial charge in [0, 0.05) is 32.7 Å². The van der Waals surface area contributed by atoms with Crippen LogP contribution in [0.5, 0.6) is 5.75 Å². The summed E-state index contributed by atoms with van der Waals surface area (Å²) >= 11 is 0. The zero-order valence-electron chi connectivity index (χ0n) is 19.1. The number of carbonyl (C=O) groups is 2. The van der Waals surface area contributed by atoms with Gasteiger partial charge in [-0.15, -0.1) is 0 Å². The summed E-state index contributed by atoms with van der Waals surface area (Å²) < 4.78 is 16.9. The van der Waals surface area contributed by atoms with Crippen LogP contribution in [0.2, 0.25) is 0 Å². The van der Waals surface area contributed by atoms with Gasteiger partial charge in [-0.2, -0.15) is 0 Å². The molecular formula is C24H31N3O5. The van der Waals surface area contributed by atoms with Gasteiger partial charge in [0.15, 0.2) is 5.69 Å². The number of hydrogen-bond acceptors (Lipinski definition) is 6. The van der Waals surface area contributed by atoms with E-state index in [0.717, 1.165) is 18.4 Å². The lowest BCUT2D eigenvalue weighted by atomic mass is 9.95. The fraction of sp³-hybridized carbons (Fsp3) is 0.542. The van der Waals surface area contributed by atoms with Crippen molar-refractivity contribution in [2.24, 2.45) is 0 Å². The molecule has 2 aliphatic heterocycles. The van der Waals surface area contributed by atoms with Gasteiger partial charge in [0.1, 0.15) is 18.1 Å². The van der Waals surface area contributed by atoms with Gasteiger partial charge in [-0.05, 0) is 38.8 Å². The van der Waals surface area contributed by atoms with Crippen LogP contribution >= 0.6 is 0 Å². The van der Waals surface area contributed by atoms with Crippen molar-refractivity contribution in [3.05, 3.63) is 46.8 Å². The van der Waals surface area contributed by atoms with Gasteiger partial charge in [-0.3, -0.25) is 9.59 Å². The highest BCUT2D eigenvalue weighted by Crippen LogP contribution is 2.32. The molecule has 2 aromatic rings. The van der Waals surface area contributed by atoms with E-state index in [4.69, 9.17) is 14.0 Å². The van der Waals surface area contributed by atoms with E-state index >= 15 is 0 Å². The molecule has 2 saturated heterocycles. The number of aromatic nitrogens is 1. The van der Waals surface area contributed by atoms with Crippen molar-refractivity contribution in [1.82, 2.24) is 15.0 Å². The van der Waals surface area contributed by atoms with Crippen molar-refractivity contribution in [3.8, 4) is 5.75 Å². The van der Waals surface area contributed by atoms with Crippen LogP contribution in [0.4, 0.5) is 0 Å². The van der Waals surface area contributed by atoms with Gasteiger partial charge in [0.05, 0.1) is 17.7 Å². The lowest BCUT2D eigenvalue weighted by molar-refractivity contribution is -0.136. The summed E-state index contributed by atoms with van der Waals surface area (Å²) in [6.45, 7) is 8.53. The molecule has 2 amide bonds. The Balaban J connectivity index is 1.55. The summed E-state index contributed by atoms with van der Waals surface area (Å²) in [7, 11) is 0. The summed E-state index contributed by atoms with van der Waals surface area (Å²) in [5, 5.41) is 4.06. The standard InChI is InChI=1S/C24H31N3O5/c1-4-11-27-21(28)9-12-26(15-24(27)10-13-30-16-24)23(29)22-20(18(3)32-25-22)14-31-19-7-5-17(2)6-8-19/h5-8H,4,9-16H2,1-3H3. The molecule has 2 aliphatic rings. The van der Waals surface area contributed by atoms with Crippen molar-refractivity contribution in [3.63, 3.8) is 0 Å². The molecule has 8 heteroatoms. The molecule has 0 N–H and O–H groups in total. The normalized spacial score (nSPS) is 21.3. The lowest BCUT2D eigenvalue weighted by Crippen LogP contribution is -2.57. The first-order chi connectivity index (χ1) is 15.4. The maximum absolute atomic E-state index is 13.5. The third-order valence-corrected chi connectivity index (χ3v) is 6.36. The molecule has 0 radical (unpaired) electrons. The summed E-state index contributed by atoms with van der Waals surface area (Å²) in [5.74, 6) is 1.11. The van der Waals surface area contributed by atoms with Crippen LogP contribution in [0.3, 0.4) is 0 Å². The number of carbonyl (C=O) groups excluding carboxylic acids is 2. The first kappa shape index (κ1) is 22.3. The quantitative estimate of drug-likeness (QED) is 0.685. The number of amides is 2. The highest BCUT2D eigenvalue weighted by Gasteiger charge is 2.47. The number of rotatable bonds is 6. The zero-order chi connectivity index (χ0) is 22.7. The Bertz CT molecular complexity index is 963. The van der Waals surface area contributed by atoms with Crippen LogP contribution in [0.1, 0.15) is 53.6 Å². The largest absolute Gasteiger partial charge is 0.489 e. The third kappa shape index (κ3) is 4.37. The number of ether oxygens (including phenoxy) is 2. The number of aryl methyl sites for hydroxylation is 2. The molecule has 0 aliphatic carbocycles. The fourth-order valence-corrected chi connectivity index (χ4v) is 4.51. The number of hydrogen-bond donors (Lipinski definition) is 0. The Morgan fingerprint density at radius 3 is 2.72 bits per heavy atom. The summed E-state index contributed by atoms with van der Waals surface area (Å²) in [6, 6.07) is 7.74. The minimum Gasteiger partial charge on any atom is -0.489 e. The zero-order valence-corrected chi connectivity index (χ0v) is 19.1. The monoisotopic (exact) mass is 441 g/mol. The minimum atomic E-state index is -0.476. The van der Waals surface area contributed by atoms with Crippen LogP contribution in [-0.2, 0) is 16.1 Å². The van der Waals surface area contributed by atoms with Crippen LogP contribution in [0, 0.1) is 13.8 Å². The van der Waals surface area contributed by atoms with E-state index in [9.17, 15) is 9.59 Å². The van der Waals surface area contributed by atoms with Gasteiger partial charge >= 0.3 is 0 Å². The third-order valence-electron chi connectivity index (χ3n) is 6.36. The van der Waals surface area contributed by atoms with Gasteiger partial charge in [0.25, 0.3) is 5.91 Å². The first-order valence-corrected chi connectivity index (χ1v) is 11.3. The molecule has 1 aromatic heterocycles. The van der Waals surface area contributed by atoms with E-state index < -0.39 is 5.54 Å². The Labute approximate surface area is 188 Å². The topological polar surface area (TPSA) is 85.1 Å². The van der Waals surface area contributed by atoms with Gasteiger partial charge in [0.2, 0.25) is 5.91 Å². The van der Waals surface area contributed by atoms with Gasteiger partial charge in [-0.25, -0.2) is 0 Å². The summed E-state index contributed by atoms with van der Waals surface area (Å²) in [6.07, 6.45) is 1.88. The molecule has 1 aromatic carbocycles. The highest BCUT2D eigenvalue weighted by molar-refractivity contribution is 5.94. The molecule has 4 rings (SSSR count). The first-order valence-electron chi connectivity index (χ1n) is 11.3. The Kier molecular flexibility index (Phi) is 6.50. The molecule has 32 heavy (non-hydrogen) atoms. The fourth-order valence-electron chi connectivity index (χ4n) is 4.51.